The molecule has 0 radical (unpaired) electrons. The largest absolute Gasteiger partial charge is 0.369 e. The second kappa shape index (κ2) is 6.33. The van der Waals surface area contributed by atoms with Crippen LogP contribution in [0.5, 0.6) is 0 Å². The first-order valence-electron chi connectivity index (χ1n) is 6.62. The van der Waals surface area contributed by atoms with Gasteiger partial charge >= 0.3 is 0 Å². The third-order valence-electron chi connectivity index (χ3n) is 3.04. The zero-order valence-corrected chi connectivity index (χ0v) is 10.9. The van der Waals surface area contributed by atoms with Crippen LogP contribution in [0.2, 0.25) is 0 Å². The van der Waals surface area contributed by atoms with Gasteiger partial charge in [0.2, 0.25) is 5.91 Å². The second-order valence-electron chi connectivity index (χ2n) is 4.59. The molecular weight excluding hydrogens is 228 g/mol. The van der Waals surface area contributed by atoms with Crippen molar-refractivity contribution in [2.24, 2.45) is 0 Å². The molecule has 1 amide bonds. The Labute approximate surface area is 108 Å². The lowest BCUT2D eigenvalue weighted by Crippen LogP contribution is -2.34. The van der Waals surface area contributed by atoms with Crippen molar-refractivity contribution < 1.29 is 4.79 Å². The summed E-state index contributed by atoms with van der Waals surface area (Å²) in [5.41, 5.74) is 0.854. The van der Waals surface area contributed by atoms with E-state index < -0.39 is 0 Å². The lowest BCUT2D eigenvalue weighted by atomic mass is 10.1. The number of piperidine rings is 1. The molecule has 1 N–H and O–H groups in total. The van der Waals surface area contributed by atoms with E-state index in [0.29, 0.717) is 13.0 Å². The predicted molar refractivity (Wildman–Crippen MR) is 70.1 cm³/mol. The highest BCUT2D eigenvalue weighted by Gasteiger charge is 2.18. The van der Waals surface area contributed by atoms with E-state index in [1.54, 1.807) is 12.4 Å². The molecule has 0 bridgehead atoms. The van der Waals surface area contributed by atoms with E-state index in [-0.39, 0.29) is 5.91 Å². The molecule has 1 aromatic rings. The average Bonchev–Trinajstić information content (AvgIpc) is 2.41. The molecule has 0 unspecified atom stereocenters. The molecule has 1 aliphatic rings. The van der Waals surface area contributed by atoms with Crippen LogP contribution in [0.15, 0.2) is 12.4 Å². The summed E-state index contributed by atoms with van der Waals surface area (Å²) in [7, 11) is 0. The highest BCUT2D eigenvalue weighted by Crippen LogP contribution is 2.13. The number of amides is 1. The van der Waals surface area contributed by atoms with Gasteiger partial charge in [-0.25, -0.2) is 4.98 Å². The fourth-order valence-corrected chi connectivity index (χ4v) is 2.01. The topological polar surface area (TPSA) is 58.1 Å². The summed E-state index contributed by atoms with van der Waals surface area (Å²) in [6.45, 7) is 4.44. The van der Waals surface area contributed by atoms with Gasteiger partial charge in [0.15, 0.2) is 0 Å². The SMILES string of the molecule is CCCNc1cnc(CN2CCCCC2=O)cn1. The average molecular weight is 248 g/mol. The molecule has 98 valence electrons. The quantitative estimate of drug-likeness (QED) is 0.863. The van der Waals surface area contributed by atoms with Gasteiger partial charge in [0, 0.05) is 19.5 Å². The second-order valence-corrected chi connectivity index (χ2v) is 4.59. The highest BCUT2D eigenvalue weighted by molar-refractivity contribution is 5.76. The molecule has 1 fully saturated rings. The third kappa shape index (κ3) is 3.42. The van der Waals surface area contributed by atoms with Gasteiger partial charge in [-0.3, -0.25) is 9.78 Å². The van der Waals surface area contributed by atoms with Gasteiger partial charge in [0.05, 0.1) is 24.6 Å². The molecule has 0 aliphatic carbocycles. The van der Waals surface area contributed by atoms with E-state index in [9.17, 15) is 4.79 Å². The van der Waals surface area contributed by atoms with Crippen LogP contribution in [0, 0.1) is 0 Å². The lowest BCUT2D eigenvalue weighted by Gasteiger charge is -2.26. The lowest BCUT2D eigenvalue weighted by molar-refractivity contribution is -0.133. The Morgan fingerprint density at radius 1 is 1.33 bits per heavy atom. The van der Waals surface area contributed by atoms with Crippen molar-refractivity contribution in [1.29, 1.82) is 0 Å². The van der Waals surface area contributed by atoms with Crippen LogP contribution in [0.4, 0.5) is 5.82 Å². The standard InChI is InChI=1S/C13H20N4O/c1-2-6-14-12-9-15-11(8-16-12)10-17-7-4-3-5-13(17)18/h8-9H,2-7,10H2,1H3,(H,14,16). The van der Waals surface area contributed by atoms with Gasteiger partial charge in [-0.15, -0.1) is 0 Å². The van der Waals surface area contributed by atoms with Gasteiger partial charge in [-0.2, -0.15) is 0 Å². The van der Waals surface area contributed by atoms with E-state index in [0.717, 1.165) is 43.9 Å². The number of carbonyl (C=O) groups excluding carboxylic acids is 1. The maximum Gasteiger partial charge on any atom is 0.222 e. The Balaban J connectivity index is 1.91. The molecule has 0 spiro atoms. The molecule has 5 heteroatoms. The van der Waals surface area contributed by atoms with Crippen molar-refractivity contribution in [3.63, 3.8) is 0 Å². The maximum atomic E-state index is 11.7. The molecule has 5 nitrogen and oxygen atoms in total. The number of nitrogens with one attached hydrogen (secondary N) is 1. The predicted octanol–water partition coefficient (Wildman–Crippen LogP) is 1.81. The van der Waals surface area contributed by atoms with E-state index in [4.69, 9.17) is 0 Å². The van der Waals surface area contributed by atoms with Gasteiger partial charge in [0.1, 0.15) is 5.82 Å². The zero-order chi connectivity index (χ0) is 12.8. The van der Waals surface area contributed by atoms with Crippen molar-refractivity contribution in [3.8, 4) is 0 Å². The zero-order valence-electron chi connectivity index (χ0n) is 10.9. The number of carbonyl (C=O) groups is 1. The summed E-state index contributed by atoms with van der Waals surface area (Å²) in [4.78, 5) is 22.2. The molecular formula is C13H20N4O. The number of aromatic nitrogens is 2. The smallest absolute Gasteiger partial charge is 0.222 e. The number of likely N-dealkylation sites (tertiary alicyclic amines) is 1. The third-order valence-corrected chi connectivity index (χ3v) is 3.04. The minimum Gasteiger partial charge on any atom is -0.369 e. The van der Waals surface area contributed by atoms with Crippen LogP contribution in [0.25, 0.3) is 0 Å². The minimum atomic E-state index is 0.233. The van der Waals surface area contributed by atoms with Crippen molar-refractivity contribution in [2.45, 2.75) is 39.2 Å². The van der Waals surface area contributed by atoms with Gasteiger partial charge < -0.3 is 10.2 Å². The number of hydrogen-bond acceptors (Lipinski definition) is 4. The van der Waals surface area contributed by atoms with Crippen LogP contribution in [0.1, 0.15) is 38.3 Å². The molecule has 1 aromatic heterocycles. The van der Waals surface area contributed by atoms with Crippen molar-refractivity contribution in [1.82, 2.24) is 14.9 Å². The van der Waals surface area contributed by atoms with Gasteiger partial charge in [-0.1, -0.05) is 6.92 Å². The first-order chi connectivity index (χ1) is 8.79. The maximum absolute atomic E-state index is 11.7. The number of rotatable bonds is 5. The van der Waals surface area contributed by atoms with Crippen molar-refractivity contribution in [3.05, 3.63) is 18.1 Å². The number of nitrogens with zero attached hydrogens (tertiary/aromatic N) is 3. The number of anilines is 1. The molecule has 0 atom stereocenters. The van der Waals surface area contributed by atoms with Crippen LogP contribution >= 0.6 is 0 Å². The van der Waals surface area contributed by atoms with Crippen LogP contribution in [-0.2, 0) is 11.3 Å². The van der Waals surface area contributed by atoms with Crippen LogP contribution in [0.3, 0.4) is 0 Å². The molecule has 0 saturated carbocycles. The van der Waals surface area contributed by atoms with Gasteiger partial charge in [-0.05, 0) is 19.3 Å². The summed E-state index contributed by atoms with van der Waals surface area (Å²) in [5.74, 6) is 1.03. The summed E-state index contributed by atoms with van der Waals surface area (Å²) in [5, 5.41) is 3.18. The molecule has 18 heavy (non-hydrogen) atoms. The Morgan fingerprint density at radius 2 is 2.22 bits per heavy atom. The Hall–Kier alpha value is -1.65. The van der Waals surface area contributed by atoms with Crippen molar-refractivity contribution >= 4 is 11.7 Å². The first-order valence-corrected chi connectivity index (χ1v) is 6.62. The van der Waals surface area contributed by atoms with Crippen LogP contribution in [-0.4, -0.2) is 33.9 Å². The minimum absolute atomic E-state index is 0.233. The van der Waals surface area contributed by atoms with E-state index in [2.05, 4.69) is 22.2 Å². The highest BCUT2D eigenvalue weighted by atomic mass is 16.2. The Morgan fingerprint density at radius 3 is 2.89 bits per heavy atom. The fraction of sp³-hybridized carbons (Fsp3) is 0.615. The fourth-order valence-electron chi connectivity index (χ4n) is 2.01. The van der Waals surface area contributed by atoms with E-state index in [1.165, 1.54) is 0 Å². The molecule has 2 rings (SSSR count). The normalized spacial score (nSPS) is 15.8. The monoisotopic (exact) mass is 248 g/mol. The molecule has 2 heterocycles. The molecule has 1 saturated heterocycles. The summed E-state index contributed by atoms with van der Waals surface area (Å²) in [6.07, 6.45) is 7.32. The summed E-state index contributed by atoms with van der Waals surface area (Å²) < 4.78 is 0. The first kappa shape index (κ1) is 12.8. The molecule has 0 aromatic carbocycles. The molecule has 1 aliphatic heterocycles. The summed E-state index contributed by atoms with van der Waals surface area (Å²) in [6, 6.07) is 0. The van der Waals surface area contributed by atoms with E-state index >= 15 is 0 Å². The number of hydrogen-bond donors (Lipinski definition) is 1. The van der Waals surface area contributed by atoms with E-state index in [1.807, 2.05) is 4.90 Å². The summed E-state index contributed by atoms with van der Waals surface area (Å²) >= 11 is 0. The Bertz CT molecular complexity index is 390. The van der Waals surface area contributed by atoms with Crippen molar-refractivity contribution in [2.75, 3.05) is 18.4 Å². The Kier molecular flexibility index (Phi) is 4.50. The van der Waals surface area contributed by atoms with Gasteiger partial charge in [0.25, 0.3) is 0 Å². The van der Waals surface area contributed by atoms with Crippen LogP contribution < -0.4 is 5.32 Å².